The van der Waals surface area contributed by atoms with Gasteiger partial charge in [0, 0.05) is 46.2 Å². The summed E-state index contributed by atoms with van der Waals surface area (Å²) in [6.45, 7) is 3.61. The van der Waals surface area contributed by atoms with Crippen molar-refractivity contribution in [3.05, 3.63) is 30.3 Å². The normalized spacial score (nSPS) is 24.7. The van der Waals surface area contributed by atoms with Gasteiger partial charge >= 0.3 is 12.0 Å². The molecule has 0 spiro atoms. The van der Waals surface area contributed by atoms with Crippen molar-refractivity contribution in [2.24, 2.45) is 11.3 Å². The summed E-state index contributed by atoms with van der Waals surface area (Å²) >= 11 is 0. The molecule has 3 rings (SSSR count). The standard InChI is InChI=1S/C20H29N3O4/c1-21(2)19(26)23-13-16-12-22(14-20(16,15-23)18(24)25)10-6-7-11-27-17-8-4-3-5-9-17/h3-5,8-9,16H,6-7,10-15H2,1-2H3,(H,24,25). The molecule has 2 aliphatic rings. The van der Waals surface area contributed by atoms with E-state index in [9.17, 15) is 14.7 Å². The third-order valence-corrected chi connectivity index (χ3v) is 5.64. The van der Waals surface area contributed by atoms with Crippen molar-refractivity contribution < 1.29 is 19.4 Å². The summed E-state index contributed by atoms with van der Waals surface area (Å²) in [5.74, 6) is 0.0969. The number of ether oxygens (including phenoxy) is 1. The van der Waals surface area contributed by atoms with Gasteiger partial charge in [-0.3, -0.25) is 4.79 Å². The Morgan fingerprint density at radius 2 is 1.93 bits per heavy atom. The first-order valence-corrected chi connectivity index (χ1v) is 9.52. The van der Waals surface area contributed by atoms with Gasteiger partial charge in [0.25, 0.3) is 0 Å². The first-order chi connectivity index (χ1) is 12.9. The number of aliphatic carboxylic acids is 1. The fourth-order valence-electron chi connectivity index (χ4n) is 4.21. The van der Waals surface area contributed by atoms with Gasteiger partial charge in [-0.1, -0.05) is 18.2 Å². The zero-order valence-electron chi connectivity index (χ0n) is 16.1. The van der Waals surface area contributed by atoms with Crippen LogP contribution >= 0.6 is 0 Å². The summed E-state index contributed by atoms with van der Waals surface area (Å²) < 4.78 is 5.70. The largest absolute Gasteiger partial charge is 0.494 e. The number of likely N-dealkylation sites (tertiary alicyclic amines) is 2. The summed E-state index contributed by atoms with van der Waals surface area (Å²) in [6, 6.07) is 9.65. The van der Waals surface area contributed by atoms with Crippen LogP contribution in [0.25, 0.3) is 0 Å². The summed E-state index contributed by atoms with van der Waals surface area (Å²) in [5.41, 5.74) is -0.827. The number of amides is 2. The van der Waals surface area contributed by atoms with Crippen LogP contribution < -0.4 is 4.74 Å². The quantitative estimate of drug-likeness (QED) is 0.737. The zero-order valence-corrected chi connectivity index (χ0v) is 16.1. The number of hydrogen-bond donors (Lipinski definition) is 1. The molecule has 2 heterocycles. The number of urea groups is 1. The molecule has 1 aromatic rings. The smallest absolute Gasteiger partial charge is 0.319 e. The molecular formula is C20H29N3O4. The van der Waals surface area contributed by atoms with Crippen molar-refractivity contribution >= 4 is 12.0 Å². The molecule has 7 heteroatoms. The molecule has 2 unspecified atom stereocenters. The number of carbonyl (C=O) groups excluding carboxylic acids is 1. The van der Waals surface area contributed by atoms with Crippen LogP contribution in [0, 0.1) is 11.3 Å². The first-order valence-electron chi connectivity index (χ1n) is 9.52. The summed E-state index contributed by atoms with van der Waals surface area (Å²) in [6.07, 6.45) is 1.90. The lowest BCUT2D eigenvalue weighted by molar-refractivity contribution is -0.148. The summed E-state index contributed by atoms with van der Waals surface area (Å²) in [5, 5.41) is 9.87. The van der Waals surface area contributed by atoms with E-state index < -0.39 is 11.4 Å². The van der Waals surface area contributed by atoms with Crippen LogP contribution in [0.15, 0.2) is 30.3 Å². The van der Waals surface area contributed by atoms with Crippen molar-refractivity contribution in [3.63, 3.8) is 0 Å². The van der Waals surface area contributed by atoms with Gasteiger partial charge in [-0.2, -0.15) is 0 Å². The Kier molecular flexibility index (Phi) is 5.89. The predicted octanol–water partition coefficient (Wildman–Crippen LogP) is 1.85. The van der Waals surface area contributed by atoms with Gasteiger partial charge in [-0.25, -0.2) is 4.79 Å². The number of carbonyl (C=O) groups is 2. The fraction of sp³-hybridized carbons (Fsp3) is 0.600. The van der Waals surface area contributed by atoms with E-state index in [2.05, 4.69) is 4.90 Å². The van der Waals surface area contributed by atoms with Crippen molar-refractivity contribution in [2.75, 3.05) is 53.4 Å². The van der Waals surface area contributed by atoms with E-state index in [1.807, 2.05) is 30.3 Å². The average Bonchev–Trinajstić information content (AvgIpc) is 3.16. The Balaban J connectivity index is 1.46. The van der Waals surface area contributed by atoms with Crippen LogP contribution in [0.5, 0.6) is 5.75 Å². The maximum absolute atomic E-state index is 12.2. The summed E-state index contributed by atoms with van der Waals surface area (Å²) in [7, 11) is 3.40. The Morgan fingerprint density at radius 3 is 2.56 bits per heavy atom. The lowest BCUT2D eigenvalue weighted by Crippen LogP contribution is -2.44. The van der Waals surface area contributed by atoms with Gasteiger partial charge in [0.1, 0.15) is 11.2 Å². The molecular weight excluding hydrogens is 346 g/mol. The van der Waals surface area contributed by atoms with Crippen LogP contribution in [-0.4, -0.2) is 85.2 Å². The third kappa shape index (κ3) is 4.18. The van der Waals surface area contributed by atoms with E-state index in [1.165, 1.54) is 4.90 Å². The van der Waals surface area contributed by atoms with Crippen molar-refractivity contribution in [3.8, 4) is 5.75 Å². The summed E-state index contributed by atoms with van der Waals surface area (Å²) in [4.78, 5) is 29.7. The molecule has 2 aliphatic heterocycles. The molecule has 2 saturated heterocycles. The predicted molar refractivity (Wildman–Crippen MR) is 102 cm³/mol. The number of nitrogens with zero attached hydrogens (tertiary/aromatic N) is 3. The third-order valence-electron chi connectivity index (χ3n) is 5.64. The van der Waals surface area contributed by atoms with Crippen LogP contribution in [0.1, 0.15) is 12.8 Å². The number of carboxylic acid groups (broad SMARTS) is 1. The molecule has 1 N–H and O–H groups in total. The second-order valence-electron chi connectivity index (χ2n) is 7.82. The van der Waals surface area contributed by atoms with Crippen LogP contribution in [-0.2, 0) is 4.79 Å². The number of carboxylic acids is 1. The van der Waals surface area contributed by atoms with E-state index in [4.69, 9.17) is 4.74 Å². The number of hydrogen-bond acceptors (Lipinski definition) is 4. The topological polar surface area (TPSA) is 73.3 Å². The first kappa shape index (κ1) is 19.5. The van der Waals surface area contributed by atoms with Crippen LogP contribution in [0.2, 0.25) is 0 Å². The minimum Gasteiger partial charge on any atom is -0.494 e. The van der Waals surface area contributed by atoms with E-state index in [1.54, 1.807) is 19.0 Å². The maximum atomic E-state index is 12.2. The molecule has 2 atom stereocenters. The van der Waals surface area contributed by atoms with E-state index >= 15 is 0 Å². The highest BCUT2D eigenvalue weighted by Gasteiger charge is 2.58. The van der Waals surface area contributed by atoms with Gasteiger partial charge in [0.15, 0.2) is 0 Å². The SMILES string of the molecule is CN(C)C(=O)N1CC2CN(CCCCOc3ccccc3)CC2(C(=O)O)C1. The van der Waals surface area contributed by atoms with Crippen molar-refractivity contribution in [2.45, 2.75) is 12.8 Å². The average molecular weight is 375 g/mol. The minimum atomic E-state index is -0.827. The van der Waals surface area contributed by atoms with E-state index in [0.29, 0.717) is 26.2 Å². The molecule has 7 nitrogen and oxygen atoms in total. The van der Waals surface area contributed by atoms with Crippen molar-refractivity contribution in [1.82, 2.24) is 14.7 Å². The van der Waals surface area contributed by atoms with Crippen molar-refractivity contribution in [1.29, 1.82) is 0 Å². The van der Waals surface area contributed by atoms with Gasteiger partial charge < -0.3 is 24.5 Å². The highest BCUT2D eigenvalue weighted by Crippen LogP contribution is 2.43. The highest BCUT2D eigenvalue weighted by atomic mass is 16.5. The Labute approximate surface area is 160 Å². The minimum absolute atomic E-state index is 0.000492. The molecule has 2 fully saturated rings. The lowest BCUT2D eigenvalue weighted by atomic mass is 9.81. The number of fused-ring (bicyclic) bond motifs is 1. The Bertz CT molecular complexity index is 666. The Hall–Kier alpha value is -2.28. The lowest BCUT2D eigenvalue weighted by Gasteiger charge is -2.27. The van der Waals surface area contributed by atoms with Gasteiger partial charge in [0.05, 0.1) is 6.61 Å². The molecule has 0 aliphatic carbocycles. The molecule has 2 amide bonds. The van der Waals surface area contributed by atoms with E-state index in [0.717, 1.165) is 31.7 Å². The van der Waals surface area contributed by atoms with Crippen LogP contribution in [0.4, 0.5) is 4.79 Å². The number of para-hydroxylation sites is 1. The zero-order chi connectivity index (χ0) is 19.4. The van der Waals surface area contributed by atoms with E-state index in [-0.39, 0.29) is 11.9 Å². The van der Waals surface area contributed by atoms with Gasteiger partial charge in [-0.05, 0) is 31.5 Å². The second kappa shape index (κ2) is 8.17. The molecule has 0 bridgehead atoms. The van der Waals surface area contributed by atoms with Crippen LogP contribution in [0.3, 0.4) is 0 Å². The fourth-order valence-corrected chi connectivity index (χ4v) is 4.21. The molecule has 0 saturated carbocycles. The van der Waals surface area contributed by atoms with Gasteiger partial charge in [-0.15, -0.1) is 0 Å². The molecule has 0 radical (unpaired) electrons. The maximum Gasteiger partial charge on any atom is 0.319 e. The molecule has 0 aromatic heterocycles. The number of rotatable bonds is 7. The second-order valence-corrected chi connectivity index (χ2v) is 7.82. The van der Waals surface area contributed by atoms with Gasteiger partial charge in [0.2, 0.25) is 0 Å². The molecule has 1 aromatic carbocycles. The highest BCUT2D eigenvalue weighted by molar-refractivity contribution is 5.80. The Morgan fingerprint density at radius 1 is 1.19 bits per heavy atom. The number of unbranched alkanes of at least 4 members (excludes halogenated alkanes) is 1. The molecule has 27 heavy (non-hydrogen) atoms. The molecule has 148 valence electrons. The number of benzene rings is 1. The monoisotopic (exact) mass is 375 g/mol.